The first-order chi connectivity index (χ1) is 18.2. The van der Waals surface area contributed by atoms with E-state index in [1.165, 1.54) is 25.6 Å². The smallest absolute Gasteiger partial charge is 0.321 e. The number of amides is 2. The standard InChI is InChI=1S/C26H28N4O8/c1-16-18-12-21(33)30(10-5-22(34)37-2)15-20(32)28-8-7-27-14-17-4-3-9-29-11-6-26(25(35)36,13-19(16)31)23(18)38-24(17)29/h3-4,6-8,11,16H,5,9-10,12-15H2,1-2H3,(H,35,36)/t16-,26+/m0/s1. The van der Waals surface area contributed by atoms with Gasteiger partial charge < -0.3 is 24.4 Å². The summed E-state index contributed by atoms with van der Waals surface area (Å²) in [6, 6.07) is 0. The van der Waals surface area contributed by atoms with Crippen LogP contribution in [0.25, 0.3) is 0 Å². The van der Waals surface area contributed by atoms with Crippen LogP contribution in [0, 0.1) is 11.3 Å². The molecule has 0 spiro atoms. The predicted octanol–water partition coefficient (Wildman–Crippen LogP) is 1.01. The van der Waals surface area contributed by atoms with E-state index in [0.717, 1.165) is 4.90 Å². The summed E-state index contributed by atoms with van der Waals surface area (Å²) in [7, 11) is 1.21. The van der Waals surface area contributed by atoms with Gasteiger partial charge >= 0.3 is 11.9 Å². The molecule has 1 N–H and O–H groups in total. The van der Waals surface area contributed by atoms with Crippen LogP contribution in [0.4, 0.5) is 0 Å². The highest BCUT2D eigenvalue weighted by Crippen LogP contribution is 2.48. The molecular formula is C26H28N4O8. The fraction of sp³-hybridized carbons (Fsp3) is 0.423. The van der Waals surface area contributed by atoms with Gasteiger partial charge in [-0.25, -0.2) is 4.99 Å². The van der Waals surface area contributed by atoms with E-state index in [1.54, 1.807) is 18.0 Å². The molecule has 2 amide bonds. The van der Waals surface area contributed by atoms with E-state index in [2.05, 4.69) is 14.7 Å². The van der Waals surface area contributed by atoms with Crippen molar-refractivity contribution in [1.82, 2.24) is 9.80 Å². The number of Topliss-reactive ketones (excluding diaryl/α,β-unsaturated/α-hetero) is 1. The van der Waals surface area contributed by atoms with Crippen molar-refractivity contribution in [2.24, 2.45) is 21.3 Å². The molecule has 200 valence electrons. The lowest BCUT2D eigenvalue weighted by Gasteiger charge is -2.36. The number of hydrogen-bond acceptors (Lipinski definition) is 9. The van der Waals surface area contributed by atoms with E-state index < -0.39 is 48.1 Å². The highest BCUT2D eigenvalue weighted by molar-refractivity contribution is 6.19. The SMILES string of the molecule is COC(=O)CCN1CC(=O)N=CC=NCC2=C3OC4=C(CC1=O)[C@H](C)C(=O)C[C@]4(C(=O)O)C=CN3CC=C2. The number of ketones is 1. The molecule has 1 aliphatic carbocycles. The van der Waals surface area contributed by atoms with Crippen LogP contribution in [0.15, 0.2) is 57.2 Å². The Morgan fingerprint density at radius 1 is 1.26 bits per heavy atom. The van der Waals surface area contributed by atoms with Crippen LogP contribution in [0.3, 0.4) is 0 Å². The number of rotatable bonds is 4. The van der Waals surface area contributed by atoms with E-state index in [4.69, 9.17) is 4.74 Å². The van der Waals surface area contributed by atoms with Gasteiger partial charge in [0, 0.05) is 49.6 Å². The molecule has 4 aliphatic rings. The summed E-state index contributed by atoms with van der Waals surface area (Å²) in [6.07, 6.45) is 8.35. The van der Waals surface area contributed by atoms with E-state index in [9.17, 15) is 29.1 Å². The van der Waals surface area contributed by atoms with Crippen molar-refractivity contribution >= 4 is 42.0 Å². The molecule has 0 fully saturated rings. The number of carbonyl (C=O) groups excluding carboxylic acids is 4. The molecular weight excluding hydrogens is 496 g/mol. The molecule has 0 radical (unpaired) electrons. The number of hydrogen-bond donors (Lipinski definition) is 1. The Hall–Kier alpha value is -4.35. The molecule has 3 aliphatic heterocycles. The maximum Gasteiger partial charge on any atom is 0.321 e. The minimum absolute atomic E-state index is 0.00125. The first-order valence-electron chi connectivity index (χ1n) is 12.1. The van der Waals surface area contributed by atoms with Crippen molar-refractivity contribution in [1.29, 1.82) is 0 Å². The molecule has 12 nitrogen and oxygen atoms in total. The number of esters is 1. The summed E-state index contributed by atoms with van der Waals surface area (Å²) in [5.41, 5.74) is -0.976. The monoisotopic (exact) mass is 524 g/mol. The van der Waals surface area contributed by atoms with Crippen LogP contribution in [0.5, 0.6) is 0 Å². The van der Waals surface area contributed by atoms with Crippen molar-refractivity contribution in [3.63, 3.8) is 0 Å². The molecule has 0 saturated heterocycles. The van der Waals surface area contributed by atoms with Gasteiger partial charge in [0.15, 0.2) is 5.41 Å². The van der Waals surface area contributed by atoms with Crippen molar-refractivity contribution in [2.75, 3.05) is 33.3 Å². The second-order valence-electron chi connectivity index (χ2n) is 9.28. The second-order valence-corrected chi connectivity index (χ2v) is 9.28. The maximum atomic E-state index is 13.5. The van der Waals surface area contributed by atoms with Crippen molar-refractivity contribution in [3.8, 4) is 0 Å². The van der Waals surface area contributed by atoms with Gasteiger partial charge in [-0.05, 0) is 11.6 Å². The molecule has 38 heavy (non-hydrogen) atoms. The summed E-state index contributed by atoms with van der Waals surface area (Å²) in [6.45, 7) is 1.59. The van der Waals surface area contributed by atoms with E-state index in [0.29, 0.717) is 18.0 Å². The van der Waals surface area contributed by atoms with E-state index >= 15 is 0 Å². The molecule has 0 aromatic heterocycles. The van der Waals surface area contributed by atoms with Crippen LogP contribution in [-0.2, 0) is 33.4 Å². The molecule has 4 rings (SSSR count). The Morgan fingerprint density at radius 2 is 2.05 bits per heavy atom. The van der Waals surface area contributed by atoms with Crippen molar-refractivity contribution in [2.45, 2.75) is 26.2 Å². The zero-order chi connectivity index (χ0) is 27.4. The summed E-state index contributed by atoms with van der Waals surface area (Å²) in [4.78, 5) is 74.5. The predicted molar refractivity (Wildman–Crippen MR) is 134 cm³/mol. The Bertz CT molecular complexity index is 1260. The fourth-order valence-electron chi connectivity index (χ4n) is 4.70. The van der Waals surface area contributed by atoms with Gasteiger partial charge in [0.05, 0.1) is 26.5 Å². The number of carboxylic acid groups (broad SMARTS) is 1. The number of carboxylic acids is 1. The van der Waals surface area contributed by atoms with Gasteiger partial charge in [0.1, 0.15) is 18.1 Å². The zero-order valence-electron chi connectivity index (χ0n) is 21.1. The topological polar surface area (TPSA) is 155 Å². The van der Waals surface area contributed by atoms with Gasteiger partial charge in [0.2, 0.25) is 11.8 Å². The van der Waals surface area contributed by atoms with Crippen LogP contribution in [-0.4, -0.2) is 90.2 Å². The van der Waals surface area contributed by atoms with Gasteiger partial charge in [-0.2, -0.15) is 0 Å². The molecule has 12 heteroatoms. The lowest BCUT2D eigenvalue weighted by atomic mass is 9.69. The first-order valence-corrected chi connectivity index (χ1v) is 12.1. The van der Waals surface area contributed by atoms with Crippen LogP contribution in [0.1, 0.15) is 26.2 Å². The summed E-state index contributed by atoms with van der Waals surface area (Å²) >= 11 is 0. The highest BCUT2D eigenvalue weighted by Gasteiger charge is 2.52. The van der Waals surface area contributed by atoms with E-state index in [1.807, 2.05) is 12.2 Å². The largest absolute Gasteiger partial charge is 0.480 e. The Morgan fingerprint density at radius 3 is 2.79 bits per heavy atom. The quantitative estimate of drug-likeness (QED) is 0.531. The minimum atomic E-state index is -1.82. The molecule has 0 unspecified atom stereocenters. The number of methoxy groups -OCH3 is 1. The van der Waals surface area contributed by atoms with Gasteiger partial charge in [0.25, 0.3) is 5.91 Å². The number of ether oxygens (including phenoxy) is 2. The average Bonchev–Trinajstić information content (AvgIpc) is 3.06. The maximum absolute atomic E-state index is 13.5. The minimum Gasteiger partial charge on any atom is -0.480 e. The van der Waals surface area contributed by atoms with Crippen molar-refractivity contribution in [3.05, 3.63) is 47.2 Å². The Kier molecular flexibility index (Phi) is 7.70. The lowest BCUT2D eigenvalue weighted by Crippen LogP contribution is -2.43. The fourth-order valence-corrected chi connectivity index (χ4v) is 4.70. The normalized spacial score (nSPS) is 25.6. The van der Waals surface area contributed by atoms with Crippen LogP contribution < -0.4 is 0 Å². The molecule has 3 heterocycles. The zero-order valence-corrected chi connectivity index (χ0v) is 21.1. The Balaban J connectivity index is 1.88. The molecule has 2 atom stereocenters. The van der Waals surface area contributed by atoms with E-state index in [-0.39, 0.29) is 43.0 Å². The third-order valence-corrected chi connectivity index (χ3v) is 6.92. The van der Waals surface area contributed by atoms with Gasteiger partial charge in [-0.15, -0.1) is 0 Å². The summed E-state index contributed by atoms with van der Waals surface area (Å²) in [5, 5.41) is 10.4. The molecule has 2 bridgehead atoms. The van der Waals surface area contributed by atoms with Gasteiger partial charge in [-0.3, -0.25) is 29.0 Å². The number of aliphatic carboxylic acids is 1. The molecule has 0 aromatic carbocycles. The van der Waals surface area contributed by atoms with Crippen molar-refractivity contribution < 1.29 is 38.6 Å². The second kappa shape index (κ2) is 11.0. The van der Waals surface area contributed by atoms with Gasteiger partial charge in [-0.1, -0.05) is 19.1 Å². The van der Waals surface area contributed by atoms with Crippen LogP contribution in [0.2, 0.25) is 0 Å². The Labute approximate surface area is 218 Å². The summed E-state index contributed by atoms with van der Waals surface area (Å²) < 4.78 is 11.0. The highest BCUT2D eigenvalue weighted by atomic mass is 16.5. The average molecular weight is 525 g/mol. The first kappa shape index (κ1) is 26.7. The third kappa shape index (κ3) is 5.20. The molecule has 0 aromatic rings. The number of aliphatic imine (C=N–C) groups is 2. The number of nitrogens with zero attached hydrogens (tertiary/aromatic N) is 4. The number of carbonyl (C=O) groups is 5. The summed E-state index contributed by atoms with van der Waals surface area (Å²) in [5.74, 6) is -3.92. The third-order valence-electron chi connectivity index (χ3n) is 6.92. The lowest BCUT2D eigenvalue weighted by molar-refractivity contribution is -0.149. The molecule has 0 saturated carbocycles. The van der Waals surface area contributed by atoms with Crippen LogP contribution >= 0.6 is 0 Å².